The summed E-state index contributed by atoms with van der Waals surface area (Å²) in [7, 11) is 0. The number of nitrogens with zero attached hydrogens (tertiary/aromatic N) is 3. The number of aromatic nitrogens is 3. The first kappa shape index (κ1) is 15.5. The van der Waals surface area contributed by atoms with E-state index in [1.54, 1.807) is 12.1 Å². The Labute approximate surface area is 144 Å². The van der Waals surface area contributed by atoms with Crippen molar-refractivity contribution >= 4 is 28.5 Å². The summed E-state index contributed by atoms with van der Waals surface area (Å²) in [5.74, 6) is -0.0903. The number of rotatable bonds is 3. The zero-order valence-electron chi connectivity index (χ0n) is 14.4. The molecule has 6 heteroatoms. The minimum absolute atomic E-state index is 0.435. The molecule has 126 valence electrons. The molecular weight excluding hydrogens is 316 g/mol. The van der Waals surface area contributed by atoms with Crippen LogP contribution in [0.2, 0.25) is 0 Å². The number of ketones is 1. The second-order valence-corrected chi connectivity index (χ2v) is 6.38. The van der Waals surface area contributed by atoms with Gasteiger partial charge >= 0.3 is 0 Å². The number of anilines is 1. The number of imidazole rings is 1. The fourth-order valence-corrected chi connectivity index (χ4v) is 3.35. The molecule has 4 rings (SSSR count). The van der Waals surface area contributed by atoms with Gasteiger partial charge in [0.15, 0.2) is 5.65 Å². The number of hydrogen-bond acceptors (Lipinski definition) is 4. The van der Waals surface area contributed by atoms with Gasteiger partial charge in [-0.1, -0.05) is 13.0 Å². The van der Waals surface area contributed by atoms with E-state index in [-0.39, 0.29) is 0 Å². The van der Waals surface area contributed by atoms with E-state index < -0.39 is 11.7 Å². The van der Waals surface area contributed by atoms with Crippen molar-refractivity contribution in [2.75, 3.05) is 5.32 Å². The molecule has 3 heterocycles. The molecule has 1 amide bonds. The van der Waals surface area contributed by atoms with Gasteiger partial charge in [-0.25, -0.2) is 9.97 Å². The Morgan fingerprint density at radius 1 is 1.12 bits per heavy atom. The lowest BCUT2D eigenvalue weighted by Gasteiger charge is -2.09. The number of Topliss-reactive ketones (excluding diaryl/α,β-unsaturated/α-hetero) is 1. The lowest BCUT2D eigenvalue weighted by atomic mass is 10.1. The smallest absolute Gasteiger partial charge is 0.296 e. The SMILES string of the molecule is CCc1nc2c(C)cc(C)nc2n1Cc1ccc2c(c1)C(=O)C(=O)N2. The zero-order valence-corrected chi connectivity index (χ0v) is 14.4. The van der Waals surface area contributed by atoms with Crippen molar-refractivity contribution in [1.29, 1.82) is 0 Å². The third-order valence-electron chi connectivity index (χ3n) is 4.54. The summed E-state index contributed by atoms with van der Waals surface area (Å²) >= 11 is 0. The van der Waals surface area contributed by atoms with Crippen molar-refractivity contribution in [3.8, 4) is 0 Å². The Morgan fingerprint density at radius 3 is 2.68 bits per heavy atom. The fraction of sp³-hybridized carbons (Fsp3) is 0.263. The lowest BCUT2D eigenvalue weighted by Crippen LogP contribution is -2.12. The number of aryl methyl sites for hydroxylation is 3. The second-order valence-electron chi connectivity index (χ2n) is 6.38. The highest BCUT2D eigenvalue weighted by Gasteiger charge is 2.28. The molecule has 0 saturated carbocycles. The van der Waals surface area contributed by atoms with E-state index in [1.807, 2.05) is 26.0 Å². The van der Waals surface area contributed by atoms with Gasteiger partial charge in [-0.2, -0.15) is 0 Å². The maximum atomic E-state index is 11.9. The maximum Gasteiger partial charge on any atom is 0.296 e. The van der Waals surface area contributed by atoms with Gasteiger partial charge in [-0.05, 0) is 43.2 Å². The van der Waals surface area contributed by atoms with Crippen molar-refractivity contribution in [3.05, 3.63) is 52.5 Å². The van der Waals surface area contributed by atoms with Crippen LogP contribution in [-0.4, -0.2) is 26.2 Å². The second kappa shape index (κ2) is 5.51. The molecule has 1 aliphatic rings. The van der Waals surface area contributed by atoms with E-state index in [2.05, 4.69) is 21.8 Å². The summed E-state index contributed by atoms with van der Waals surface area (Å²) in [6.07, 6.45) is 0.790. The number of fused-ring (bicyclic) bond motifs is 2. The van der Waals surface area contributed by atoms with Crippen molar-refractivity contribution in [1.82, 2.24) is 14.5 Å². The summed E-state index contributed by atoms with van der Waals surface area (Å²) in [6.45, 7) is 6.64. The van der Waals surface area contributed by atoms with Gasteiger partial charge in [-0.15, -0.1) is 0 Å². The number of carbonyl (C=O) groups is 2. The van der Waals surface area contributed by atoms with E-state index in [0.717, 1.165) is 40.2 Å². The number of carbonyl (C=O) groups excluding carboxylic acids is 2. The first-order valence-corrected chi connectivity index (χ1v) is 8.30. The van der Waals surface area contributed by atoms with Crippen LogP contribution in [0.1, 0.15) is 39.9 Å². The van der Waals surface area contributed by atoms with E-state index in [1.165, 1.54) is 0 Å². The van der Waals surface area contributed by atoms with Crippen LogP contribution >= 0.6 is 0 Å². The van der Waals surface area contributed by atoms with Crippen LogP contribution in [0.15, 0.2) is 24.3 Å². The molecule has 0 unspecified atom stereocenters. The molecule has 3 aromatic rings. The van der Waals surface area contributed by atoms with Gasteiger partial charge in [0.1, 0.15) is 11.3 Å². The minimum Gasteiger partial charge on any atom is -0.318 e. The molecule has 0 atom stereocenters. The highest BCUT2D eigenvalue weighted by Crippen LogP contribution is 2.26. The van der Waals surface area contributed by atoms with Crippen LogP contribution in [0.25, 0.3) is 11.2 Å². The molecular formula is C19H18N4O2. The van der Waals surface area contributed by atoms with Gasteiger partial charge in [0.2, 0.25) is 0 Å². The Hall–Kier alpha value is -3.02. The van der Waals surface area contributed by atoms with Crippen LogP contribution < -0.4 is 5.32 Å². The summed E-state index contributed by atoms with van der Waals surface area (Å²) in [5.41, 5.74) is 5.79. The summed E-state index contributed by atoms with van der Waals surface area (Å²) in [6, 6.07) is 7.52. The van der Waals surface area contributed by atoms with Crippen molar-refractivity contribution < 1.29 is 9.59 Å². The number of amides is 1. The van der Waals surface area contributed by atoms with Gasteiger partial charge in [0.25, 0.3) is 11.7 Å². The van der Waals surface area contributed by atoms with Crippen molar-refractivity contribution in [2.24, 2.45) is 0 Å². The Bertz CT molecular complexity index is 1050. The molecule has 25 heavy (non-hydrogen) atoms. The molecule has 0 fully saturated rings. The molecule has 0 radical (unpaired) electrons. The van der Waals surface area contributed by atoms with Crippen LogP contribution in [0.3, 0.4) is 0 Å². The van der Waals surface area contributed by atoms with Crippen LogP contribution in [0.5, 0.6) is 0 Å². The predicted molar refractivity (Wildman–Crippen MR) is 94.9 cm³/mol. The van der Waals surface area contributed by atoms with Crippen molar-refractivity contribution in [3.63, 3.8) is 0 Å². The summed E-state index contributed by atoms with van der Waals surface area (Å²) in [5, 5.41) is 2.58. The van der Waals surface area contributed by atoms with Gasteiger partial charge in [0, 0.05) is 12.1 Å². The monoisotopic (exact) mass is 334 g/mol. The summed E-state index contributed by atoms with van der Waals surface area (Å²) in [4.78, 5) is 32.9. The van der Waals surface area contributed by atoms with E-state index in [4.69, 9.17) is 4.98 Å². The van der Waals surface area contributed by atoms with Crippen LogP contribution in [0.4, 0.5) is 5.69 Å². The predicted octanol–water partition coefficient (Wildman–Crippen LogP) is 2.79. The standard InChI is InChI=1S/C19H18N4O2/c1-4-15-22-16-10(2)7-11(3)20-18(16)23(15)9-12-5-6-14-13(8-12)17(24)19(25)21-14/h5-8H,4,9H2,1-3H3,(H,21,24,25). The Morgan fingerprint density at radius 2 is 1.92 bits per heavy atom. The number of pyridine rings is 1. The van der Waals surface area contributed by atoms with Gasteiger partial charge < -0.3 is 9.88 Å². The van der Waals surface area contributed by atoms with E-state index in [9.17, 15) is 9.59 Å². The highest BCUT2D eigenvalue weighted by molar-refractivity contribution is 6.51. The van der Waals surface area contributed by atoms with E-state index in [0.29, 0.717) is 17.8 Å². The molecule has 6 nitrogen and oxygen atoms in total. The third-order valence-corrected chi connectivity index (χ3v) is 4.54. The Kier molecular flexibility index (Phi) is 3.42. The zero-order chi connectivity index (χ0) is 17.7. The first-order chi connectivity index (χ1) is 12.0. The van der Waals surface area contributed by atoms with E-state index >= 15 is 0 Å². The highest BCUT2D eigenvalue weighted by atomic mass is 16.2. The number of nitrogens with one attached hydrogen (secondary N) is 1. The molecule has 1 N–H and O–H groups in total. The van der Waals surface area contributed by atoms with Crippen molar-refractivity contribution in [2.45, 2.75) is 33.7 Å². The molecule has 0 aliphatic carbocycles. The lowest BCUT2D eigenvalue weighted by molar-refractivity contribution is -0.112. The molecule has 0 saturated heterocycles. The molecule has 0 bridgehead atoms. The van der Waals surface area contributed by atoms with Gasteiger partial charge in [0.05, 0.1) is 17.8 Å². The van der Waals surface area contributed by atoms with Crippen LogP contribution in [-0.2, 0) is 17.8 Å². The largest absolute Gasteiger partial charge is 0.318 e. The quantitative estimate of drug-likeness (QED) is 0.747. The Balaban J connectivity index is 1.82. The average molecular weight is 334 g/mol. The molecule has 0 spiro atoms. The number of hydrogen-bond donors (Lipinski definition) is 1. The maximum absolute atomic E-state index is 11.9. The third kappa shape index (κ3) is 2.41. The average Bonchev–Trinajstić information content (AvgIpc) is 3.06. The summed E-state index contributed by atoms with van der Waals surface area (Å²) < 4.78 is 2.09. The molecule has 1 aromatic carbocycles. The first-order valence-electron chi connectivity index (χ1n) is 8.30. The van der Waals surface area contributed by atoms with Gasteiger partial charge in [-0.3, -0.25) is 9.59 Å². The number of benzene rings is 1. The minimum atomic E-state index is -0.567. The molecule has 2 aromatic heterocycles. The normalized spacial score (nSPS) is 13.4. The topological polar surface area (TPSA) is 76.9 Å². The fourth-order valence-electron chi connectivity index (χ4n) is 3.35. The van der Waals surface area contributed by atoms with Crippen LogP contribution in [0, 0.1) is 13.8 Å². The molecule has 1 aliphatic heterocycles.